The number of aryl methyl sites for hydroxylation is 1. The van der Waals surface area contributed by atoms with E-state index in [1.165, 1.54) is 11.1 Å². The van der Waals surface area contributed by atoms with E-state index in [9.17, 15) is 8.42 Å². The maximum Gasteiger partial charge on any atom is 0.150 e. The van der Waals surface area contributed by atoms with Gasteiger partial charge in [0.15, 0.2) is 0 Å². The molecule has 0 aliphatic carbocycles. The monoisotopic (exact) mass is 255 g/mol. The molecule has 0 fully saturated rings. The normalized spacial score (nSPS) is 13.6. The molecular formula is C13H21NO2S. The predicted molar refractivity (Wildman–Crippen MR) is 71.8 cm³/mol. The molecule has 2 N–H and O–H groups in total. The Morgan fingerprint density at radius 3 is 2.65 bits per heavy atom. The van der Waals surface area contributed by atoms with Crippen LogP contribution in [0.4, 0.5) is 0 Å². The third kappa shape index (κ3) is 5.33. The second kappa shape index (κ2) is 6.17. The zero-order valence-electron chi connectivity index (χ0n) is 10.5. The van der Waals surface area contributed by atoms with Crippen LogP contribution in [0, 0.1) is 6.92 Å². The summed E-state index contributed by atoms with van der Waals surface area (Å²) in [5.41, 5.74) is 8.33. The molecule has 0 bridgehead atoms. The Labute approximate surface area is 104 Å². The van der Waals surface area contributed by atoms with Crippen molar-refractivity contribution in [3.63, 3.8) is 0 Å². The Hall–Kier alpha value is -0.870. The van der Waals surface area contributed by atoms with Crippen molar-refractivity contribution in [3.8, 4) is 0 Å². The summed E-state index contributed by atoms with van der Waals surface area (Å²) in [4.78, 5) is 0. The first-order chi connectivity index (χ1) is 7.93. The summed E-state index contributed by atoms with van der Waals surface area (Å²) in [7, 11) is -2.90. The number of nitrogens with two attached hydrogens (primary N) is 1. The van der Waals surface area contributed by atoms with Gasteiger partial charge in [0.1, 0.15) is 9.84 Å². The molecule has 1 atom stereocenters. The Morgan fingerprint density at radius 1 is 1.35 bits per heavy atom. The summed E-state index contributed by atoms with van der Waals surface area (Å²) >= 11 is 0. The van der Waals surface area contributed by atoms with Crippen LogP contribution in [-0.4, -0.2) is 26.0 Å². The molecule has 1 aromatic rings. The topological polar surface area (TPSA) is 60.2 Å². The average Bonchev–Trinajstić information content (AvgIpc) is 2.27. The number of sulfone groups is 1. The van der Waals surface area contributed by atoms with Crippen LogP contribution < -0.4 is 5.73 Å². The van der Waals surface area contributed by atoms with Gasteiger partial charge in [0.25, 0.3) is 0 Å². The summed E-state index contributed by atoms with van der Waals surface area (Å²) in [5, 5.41) is 0. The first-order valence-corrected chi connectivity index (χ1v) is 7.76. The summed E-state index contributed by atoms with van der Waals surface area (Å²) in [5.74, 6) is 0.390. The lowest BCUT2D eigenvalue weighted by molar-refractivity contribution is 0.581. The molecule has 0 aromatic heterocycles. The fraction of sp³-hybridized carbons (Fsp3) is 0.538. The van der Waals surface area contributed by atoms with Gasteiger partial charge in [0, 0.05) is 11.8 Å². The fourth-order valence-corrected chi connectivity index (χ4v) is 2.67. The van der Waals surface area contributed by atoms with Gasteiger partial charge in [-0.2, -0.15) is 0 Å². The molecule has 1 unspecified atom stereocenters. The summed E-state index contributed by atoms with van der Waals surface area (Å²) < 4.78 is 22.7. The van der Waals surface area contributed by atoms with Gasteiger partial charge in [-0.3, -0.25) is 0 Å². The lowest BCUT2D eigenvalue weighted by Crippen LogP contribution is -2.26. The smallest absolute Gasteiger partial charge is 0.150 e. The standard InChI is InChI=1S/C13H21NO2S/c1-3-17(15,16)8-7-13(14)10-12-6-4-5-11(2)9-12/h4-6,9,13H,3,7-8,10,14H2,1-2H3. The molecule has 0 amide bonds. The van der Waals surface area contributed by atoms with E-state index < -0.39 is 9.84 Å². The van der Waals surface area contributed by atoms with E-state index in [0.29, 0.717) is 6.42 Å². The molecule has 0 saturated carbocycles. The van der Waals surface area contributed by atoms with Crippen LogP contribution in [0.15, 0.2) is 24.3 Å². The van der Waals surface area contributed by atoms with E-state index in [0.717, 1.165) is 6.42 Å². The first-order valence-electron chi connectivity index (χ1n) is 5.94. The highest BCUT2D eigenvalue weighted by Gasteiger charge is 2.11. The summed E-state index contributed by atoms with van der Waals surface area (Å²) in [6.07, 6.45) is 1.27. The molecule has 17 heavy (non-hydrogen) atoms. The molecular weight excluding hydrogens is 234 g/mol. The molecule has 96 valence electrons. The van der Waals surface area contributed by atoms with Crippen molar-refractivity contribution >= 4 is 9.84 Å². The average molecular weight is 255 g/mol. The first kappa shape index (κ1) is 14.2. The van der Waals surface area contributed by atoms with Crippen LogP contribution in [0.5, 0.6) is 0 Å². The van der Waals surface area contributed by atoms with Crippen LogP contribution >= 0.6 is 0 Å². The Kier molecular flexibility index (Phi) is 5.15. The summed E-state index contributed by atoms with van der Waals surface area (Å²) in [6.45, 7) is 3.71. The van der Waals surface area contributed by atoms with Crippen molar-refractivity contribution in [2.75, 3.05) is 11.5 Å². The quantitative estimate of drug-likeness (QED) is 0.841. The van der Waals surface area contributed by atoms with Crippen molar-refractivity contribution in [1.82, 2.24) is 0 Å². The molecule has 0 aliphatic heterocycles. The van der Waals surface area contributed by atoms with Crippen molar-refractivity contribution < 1.29 is 8.42 Å². The summed E-state index contributed by atoms with van der Waals surface area (Å²) in [6, 6.07) is 8.07. The molecule has 0 radical (unpaired) electrons. The van der Waals surface area contributed by atoms with Crippen molar-refractivity contribution in [2.45, 2.75) is 32.7 Å². The van der Waals surface area contributed by atoms with Gasteiger partial charge in [-0.15, -0.1) is 0 Å². The lowest BCUT2D eigenvalue weighted by Gasteiger charge is -2.11. The second-order valence-corrected chi connectivity index (χ2v) is 6.95. The highest BCUT2D eigenvalue weighted by molar-refractivity contribution is 7.91. The number of hydrogen-bond donors (Lipinski definition) is 1. The SMILES string of the molecule is CCS(=O)(=O)CCC(N)Cc1cccc(C)c1. The van der Waals surface area contributed by atoms with Crippen molar-refractivity contribution in [3.05, 3.63) is 35.4 Å². The molecule has 1 aromatic carbocycles. The van der Waals surface area contributed by atoms with Crippen LogP contribution in [0.25, 0.3) is 0 Å². The lowest BCUT2D eigenvalue weighted by atomic mass is 10.0. The fourth-order valence-electron chi connectivity index (χ4n) is 1.72. The Morgan fingerprint density at radius 2 is 2.06 bits per heavy atom. The largest absolute Gasteiger partial charge is 0.327 e. The van der Waals surface area contributed by atoms with Gasteiger partial charge >= 0.3 is 0 Å². The number of rotatable bonds is 6. The van der Waals surface area contributed by atoms with E-state index in [4.69, 9.17) is 5.73 Å². The van der Waals surface area contributed by atoms with Gasteiger partial charge in [0.2, 0.25) is 0 Å². The Bertz CT molecular complexity index is 454. The minimum absolute atomic E-state index is 0.0851. The van der Waals surface area contributed by atoms with Crippen LogP contribution in [-0.2, 0) is 16.3 Å². The highest BCUT2D eigenvalue weighted by Crippen LogP contribution is 2.08. The van der Waals surface area contributed by atoms with Crippen LogP contribution in [0.1, 0.15) is 24.5 Å². The maximum absolute atomic E-state index is 11.4. The van der Waals surface area contributed by atoms with E-state index in [1.54, 1.807) is 6.92 Å². The van der Waals surface area contributed by atoms with Gasteiger partial charge in [-0.05, 0) is 25.3 Å². The molecule has 0 spiro atoms. The van der Waals surface area contributed by atoms with Crippen LogP contribution in [0.3, 0.4) is 0 Å². The third-order valence-corrected chi connectivity index (χ3v) is 4.56. The maximum atomic E-state index is 11.4. The van der Waals surface area contributed by atoms with E-state index in [1.807, 2.05) is 25.1 Å². The van der Waals surface area contributed by atoms with Crippen molar-refractivity contribution in [2.24, 2.45) is 5.73 Å². The van der Waals surface area contributed by atoms with Crippen molar-refractivity contribution in [1.29, 1.82) is 0 Å². The molecule has 0 saturated heterocycles. The van der Waals surface area contributed by atoms with Gasteiger partial charge in [-0.25, -0.2) is 8.42 Å². The minimum atomic E-state index is -2.90. The van der Waals surface area contributed by atoms with Gasteiger partial charge in [-0.1, -0.05) is 36.8 Å². The molecule has 0 aliphatic rings. The van der Waals surface area contributed by atoms with E-state index in [-0.39, 0.29) is 17.5 Å². The molecule has 4 heteroatoms. The van der Waals surface area contributed by atoms with E-state index in [2.05, 4.69) is 6.07 Å². The second-order valence-electron chi connectivity index (χ2n) is 4.48. The van der Waals surface area contributed by atoms with Crippen LogP contribution in [0.2, 0.25) is 0 Å². The van der Waals surface area contributed by atoms with E-state index >= 15 is 0 Å². The molecule has 1 rings (SSSR count). The predicted octanol–water partition coefficient (Wildman–Crippen LogP) is 1.69. The molecule has 3 nitrogen and oxygen atoms in total. The molecule has 0 heterocycles. The number of hydrogen-bond acceptors (Lipinski definition) is 3. The number of benzene rings is 1. The minimum Gasteiger partial charge on any atom is -0.327 e. The van der Waals surface area contributed by atoms with Gasteiger partial charge < -0.3 is 5.73 Å². The Balaban J connectivity index is 2.48. The van der Waals surface area contributed by atoms with Gasteiger partial charge in [0.05, 0.1) is 5.75 Å². The third-order valence-electron chi connectivity index (χ3n) is 2.82. The zero-order valence-corrected chi connectivity index (χ0v) is 11.3. The zero-order chi connectivity index (χ0) is 12.9. The highest BCUT2D eigenvalue weighted by atomic mass is 32.2.